The van der Waals surface area contributed by atoms with Crippen molar-refractivity contribution in [2.75, 3.05) is 6.54 Å². The number of thiophene rings is 1. The van der Waals surface area contributed by atoms with Crippen molar-refractivity contribution in [2.45, 2.75) is 13.0 Å². The summed E-state index contributed by atoms with van der Waals surface area (Å²) in [5, 5.41) is 16.4. The zero-order valence-electron chi connectivity index (χ0n) is 10.4. The molecule has 0 saturated carbocycles. The predicted octanol–water partition coefficient (Wildman–Crippen LogP) is 3.28. The van der Waals surface area contributed by atoms with Gasteiger partial charge in [-0.1, -0.05) is 11.6 Å². The molecular formula is C14H14BrNO2S. The molecule has 5 heteroatoms. The van der Waals surface area contributed by atoms with Gasteiger partial charge in [0.15, 0.2) is 0 Å². The van der Waals surface area contributed by atoms with Crippen molar-refractivity contribution in [2.24, 2.45) is 0 Å². The Morgan fingerprint density at radius 3 is 2.95 bits per heavy atom. The topological polar surface area (TPSA) is 49.3 Å². The molecule has 1 aromatic heterocycles. The first-order valence-corrected chi connectivity index (χ1v) is 7.56. The molecule has 0 radical (unpaired) electrons. The molecule has 0 aliphatic rings. The Hall–Kier alpha value is -1.17. The third-order valence-electron chi connectivity index (χ3n) is 2.75. The molecule has 1 aromatic carbocycles. The fourth-order valence-corrected chi connectivity index (χ4v) is 2.81. The van der Waals surface area contributed by atoms with E-state index >= 15 is 0 Å². The van der Waals surface area contributed by atoms with Crippen molar-refractivity contribution in [3.05, 3.63) is 56.2 Å². The van der Waals surface area contributed by atoms with Crippen LogP contribution in [0.2, 0.25) is 0 Å². The molecule has 0 saturated heterocycles. The highest BCUT2D eigenvalue weighted by Crippen LogP contribution is 2.19. The Morgan fingerprint density at radius 1 is 1.47 bits per heavy atom. The Kier molecular flexibility index (Phi) is 4.74. The molecule has 0 aliphatic heterocycles. The highest BCUT2D eigenvalue weighted by atomic mass is 79.9. The van der Waals surface area contributed by atoms with Crippen LogP contribution in [0.15, 0.2) is 39.5 Å². The van der Waals surface area contributed by atoms with E-state index < -0.39 is 6.10 Å². The van der Waals surface area contributed by atoms with Crippen LogP contribution in [-0.2, 0) is 0 Å². The summed E-state index contributed by atoms with van der Waals surface area (Å²) in [6.07, 6.45) is -0.668. The van der Waals surface area contributed by atoms with E-state index in [0.717, 1.165) is 15.6 Å². The number of hydrogen-bond acceptors (Lipinski definition) is 3. The normalized spacial score (nSPS) is 12.2. The summed E-state index contributed by atoms with van der Waals surface area (Å²) in [5.74, 6) is -0.190. The van der Waals surface area contributed by atoms with Gasteiger partial charge in [0, 0.05) is 11.0 Å². The second-order valence-electron chi connectivity index (χ2n) is 4.27. The van der Waals surface area contributed by atoms with Gasteiger partial charge in [0.25, 0.3) is 5.91 Å². The first-order valence-electron chi connectivity index (χ1n) is 5.82. The van der Waals surface area contributed by atoms with E-state index in [4.69, 9.17) is 0 Å². The smallest absolute Gasteiger partial charge is 0.252 e. The number of nitrogens with one attached hydrogen (secondary N) is 1. The molecule has 0 aliphatic carbocycles. The van der Waals surface area contributed by atoms with Crippen LogP contribution in [0.5, 0.6) is 0 Å². The van der Waals surface area contributed by atoms with Crippen LogP contribution in [0.4, 0.5) is 0 Å². The van der Waals surface area contributed by atoms with E-state index in [9.17, 15) is 9.90 Å². The number of amides is 1. The minimum Gasteiger partial charge on any atom is -0.387 e. The monoisotopic (exact) mass is 339 g/mol. The second-order valence-corrected chi connectivity index (χ2v) is 5.90. The molecule has 2 N–H and O–H groups in total. The van der Waals surface area contributed by atoms with E-state index in [0.29, 0.717) is 5.56 Å². The fourth-order valence-electron chi connectivity index (χ4n) is 1.68. The van der Waals surface area contributed by atoms with Crippen LogP contribution >= 0.6 is 27.3 Å². The number of aliphatic hydroxyl groups is 1. The number of carbonyl (C=O) groups is 1. The maximum absolute atomic E-state index is 12.0. The van der Waals surface area contributed by atoms with Gasteiger partial charge in [-0.25, -0.2) is 0 Å². The van der Waals surface area contributed by atoms with Gasteiger partial charge in [0.05, 0.1) is 11.7 Å². The van der Waals surface area contributed by atoms with E-state index in [1.165, 1.54) is 11.3 Å². The summed E-state index contributed by atoms with van der Waals surface area (Å²) in [6.45, 7) is 2.14. The third kappa shape index (κ3) is 3.65. The lowest BCUT2D eigenvalue weighted by molar-refractivity contribution is 0.0915. The molecule has 0 fully saturated rings. The molecule has 2 aromatic rings. The van der Waals surface area contributed by atoms with Crippen LogP contribution < -0.4 is 5.32 Å². The number of aryl methyl sites for hydroxylation is 1. The molecule has 1 atom stereocenters. The third-order valence-corrected chi connectivity index (χ3v) is 4.14. The summed E-state index contributed by atoms with van der Waals surface area (Å²) in [5.41, 5.74) is 2.43. The Balaban J connectivity index is 2.00. The Morgan fingerprint density at radius 2 is 2.26 bits per heavy atom. The standard InChI is InChI=1S/C14H14BrNO2S/c1-9-2-3-12(15)11(6-9)14(18)16-7-13(17)10-4-5-19-8-10/h2-6,8,13,17H,7H2,1H3,(H,16,18). The number of aliphatic hydroxyl groups excluding tert-OH is 1. The number of hydrogen-bond donors (Lipinski definition) is 2. The summed E-state index contributed by atoms with van der Waals surface area (Å²) in [4.78, 5) is 12.0. The van der Waals surface area contributed by atoms with Crippen LogP contribution in [0.1, 0.15) is 27.6 Å². The van der Waals surface area contributed by atoms with Crippen molar-refractivity contribution >= 4 is 33.2 Å². The van der Waals surface area contributed by atoms with Gasteiger partial charge in [-0.05, 0) is 57.4 Å². The van der Waals surface area contributed by atoms with Crippen molar-refractivity contribution in [1.82, 2.24) is 5.32 Å². The van der Waals surface area contributed by atoms with Crippen LogP contribution in [-0.4, -0.2) is 17.6 Å². The van der Waals surface area contributed by atoms with Gasteiger partial charge in [0.2, 0.25) is 0 Å². The van der Waals surface area contributed by atoms with Crippen LogP contribution in [0, 0.1) is 6.92 Å². The van der Waals surface area contributed by atoms with E-state index in [-0.39, 0.29) is 12.5 Å². The highest BCUT2D eigenvalue weighted by Gasteiger charge is 2.13. The molecule has 1 heterocycles. The molecule has 19 heavy (non-hydrogen) atoms. The van der Waals surface area contributed by atoms with Gasteiger partial charge in [-0.3, -0.25) is 4.79 Å². The Labute approximate surface area is 124 Å². The van der Waals surface area contributed by atoms with Crippen molar-refractivity contribution in [3.63, 3.8) is 0 Å². The molecule has 0 spiro atoms. The van der Waals surface area contributed by atoms with Gasteiger partial charge in [0.1, 0.15) is 0 Å². The van der Waals surface area contributed by atoms with E-state index in [1.807, 2.05) is 41.9 Å². The Bertz CT molecular complexity index is 569. The molecule has 3 nitrogen and oxygen atoms in total. The quantitative estimate of drug-likeness (QED) is 0.897. The molecular weight excluding hydrogens is 326 g/mol. The van der Waals surface area contributed by atoms with Crippen molar-refractivity contribution in [1.29, 1.82) is 0 Å². The number of benzene rings is 1. The summed E-state index contributed by atoms with van der Waals surface area (Å²) in [7, 11) is 0. The first kappa shape index (κ1) is 14.2. The van der Waals surface area contributed by atoms with E-state index in [2.05, 4.69) is 21.2 Å². The SMILES string of the molecule is Cc1ccc(Br)c(C(=O)NCC(O)c2ccsc2)c1. The number of carbonyl (C=O) groups excluding carboxylic acids is 1. The first-order chi connectivity index (χ1) is 9.08. The van der Waals surface area contributed by atoms with E-state index in [1.54, 1.807) is 0 Å². The molecule has 2 rings (SSSR count). The van der Waals surface area contributed by atoms with Gasteiger partial charge >= 0.3 is 0 Å². The van der Waals surface area contributed by atoms with Crippen molar-refractivity contribution < 1.29 is 9.90 Å². The zero-order valence-corrected chi connectivity index (χ0v) is 12.8. The number of halogens is 1. The lowest BCUT2D eigenvalue weighted by Crippen LogP contribution is -2.28. The fraction of sp³-hybridized carbons (Fsp3) is 0.214. The predicted molar refractivity (Wildman–Crippen MR) is 80.5 cm³/mol. The lowest BCUT2D eigenvalue weighted by atomic mass is 10.1. The molecule has 0 bridgehead atoms. The zero-order chi connectivity index (χ0) is 13.8. The summed E-state index contributed by atoms with van der Waals surface area (Å²) in [6, 6.07) is 7.45. The largest absolute Gasteiger partial charge is 0.387 e. The van der Waals surface area contributed by atoms with Crippen LogP contribution in [0.25, 0.3) is 0 Å². The highest BCUT2D eigenvalue weighted by molar-refractivity contribution is 9.10. The van der Waals surface area contributed by atoms with Gasteiger partial charge in [-0.2, -0.15) is 11.3 Å². The lowest BCUT2D eigenvalue weighted by Gasteiger charge is -2.11. The van der Waals surface area contributed by atoms with Crippen molar-refractivity contribution in [3.8, 4) is 0 Å². The second kappa shape index (κ2) is 6.32. The minimum atomic E-state index is -0.668. The summed E-state index contributed by atoms with van der Waals surface area (Å²) < 4.78 is 0.751. The van der Waals surface area contributed by atoms with Gasteiger partial charge in [-0.15, -0.1) is 0 Å². The minimum absolute atomic E-state index is 0.190. The van der Waals surface area contributed by atoms with Crippen LogP contribution in [0.3, 0.4) is 0 Å². The maximum Gasteiger partial charge on any atom is 0.252 e. The average molecular weight is 340 g/mol. The molecule has 100 valence electrons. The molecule has 1 amide bonds. The van der Waals surface area contributed by atoms with Gasteiger partial charge < -0.3 is 10.4 Å². The average Bonchev–Trinajstić information content (AvgIpc) is 2.92. The number of rotatable bonds is 4. The summed E-state index contributed by atoms with van der Waals surface area (Å²) >= 11 is 4.88. The molecule has 1 unspecified atom stereocenters. The maximum atomic E-state index is 12.0.